The number of nitrogens with zero attached hydrogens (tertiary/aromatic N) is 1. The van der Waals surface area contributed by atoms with Gasteiger partial charge < -0.3 is 15.7 Å². The maximum Gasteiger partial charge on any atom is 0.261 e. The van der Waals surface area contributed by atoms with Crippen molar-refractivity contribution in [2.24, 2.45) is 0 Å². The summed E-state index contributed by atoms with van der Waals surface area (Å²) < 4.78 is 0. The second-order valence-corrected chi connectivity index (χ2v) is 5.98. The van der Waals surface area contributed by atoms with Crippen molar-refractivity contribution in [3.8, 4) is 11.4 Å². The van der Waals surface area contributed by atoms with Gasteiger partial charge in [-0.1, -0.05) is 17.7 Å². The molecule has 6 heteroatoms. The highest BCUT2D eigenvalue weighted by atomic mass is 35.5. The van der Waals surface area contributed by atoms with Crippen molar-refractivity contribution in [2.75, 3.05) is 5.73 Å². The number of hydrogen-bond donors (Lipinski definition) is 3. The second kappa shape index (κ2) is 4.86. The standard InChI is InChI=1S/C17H13ClN4O/c1-8-2-4-12-13(6-8)21-16(20-12)14-15(19)10-7-9(18)3-5-11(10)22-17(14)23/h2-7H,1H3,(H,20,21)(H3,19,22,23). The molecule has 2 aromatic heterocycles. The molecule has 23 heavy (non-hydrogen) atoms. The molecule has 5 nitrogen and oxygen atoms in total. The molecule has 4 N–H and O–H groups in total. The molecule has 0 bridgehead atoms. The summed E-state index contributed by atoms with van der Waals surface area (Å²) in [5.74, 6) is 0.450. The van der Waals surface area contributed by atoms with Gasteiger partial charge in [0, 0.05) is 10.4 Å². The zero-order chi connectivity index (χ0) is 16.1. The molecule has 0 aliphatic heterocycles. The third kappa shape index (κ3) is 2.17. The SMILES string of the molecule is Cc1ccc2nc(-c3c(N)c4cc(Cl)ccc4[nH]c3=O)[nH]c2c1. The van der Waals surface area contributed by atoms with Crippen LogP contribution in [0.5, 0.6) is 0 Å². The van der Waals surface area contributed by atoms with Gasteiger partial charge in [0.1, 0.15) is 11.4 Å². The second-order valence-electron chi connectivity index (χ2n) is 5.54. The highest BCUT2D eigenvalue weighted by molar-refractivity contribution is 6.31. The van der Waals surface area contributed by atoms with E-state index in [9.17, 15) is 4.79 Å². The predicted octanol–water partition coefficient (Wildman–Crippen LogP) is 3.62. The molecule has 0 atom stereocenters. The summed E-state index contributed by atoms with van der Waals surface area (Å²) in [6.07, 6.45) is 0. The maximum absolute atomic E-state index is 12.5. The molecular weight excluding hydrogens is 312 g/mol. The molecule has 4 rings (SSSR count). The van der Waals surface area contributed by atoms with Gasteiger partial charge in [0.25, 0.3) is 5.56 Å². The summed E-state index contributed by atoms with van der Waals surface area (Å²) in [6, 6.07) is 11.0. The first-order chi connectivity index (χ1) is 11.0. The van der Waals surface area contributed by atoms with Crippen molar-refractivity contribution >= 4 is 39.2 Å². The van der Waals surface area contributed by atoms with Gasteiger partial charge in [-0.05, 0) is 42.8 Å². The number of anilines is 1. The number of aryl methyl sites for hydroxylation is 1. The Morgan fingerprint density at radius 3 is 2.74 bits per heavy atom. The zero-order valence-electron chi connectivity index (χ0n) is 12.3. The molecule has 0 aliphatic rings. The molecule has 0 saturated heterocycles. The summed E-state index contributed by atoms with van der Waals surface area (Å²) in [6.45, 7) is 2.00. The predicted molar refractivity (Wildman–Crippen MR) is 93.8 cm³/mol. The van der Waals surface area contributed by atoms with Crippen LogP contribution in [-0.2, 0) is 0 Å². The van der Waals surface area contributed by atoms with E-state index >= 15 is 0 Å². The number of H-pyrrole nitrogens is 2. The lowest BCUT2D eigenvalue weighted by Crippen LogP contribution is -2.13. The summed E-state index contributed by atoms with van der Waals surface area (Å²) in [4.78, 5) is 22.9. The van der Waals surface area contributed by atoms with Crippen LogP contribution in [0.3, 0.4) is 0 Å². The molecule has 0 radical (unpaired) electrons. The minimum absolute atomic E-state index is 0.284. The lowest BCUT2D eigenvalue weighted by molar-refractivity contribution is 1.25. The number of hydrogen-bond acceptors (Lipinski definition) is 3. The largest absolute Gasteiger partial charge is 0.397 e. The Hall–Kier alpha value is -2.79. The third-order valence-corrected chi connectivity index (χ3v) is 4.13. The van der Waals surface area contributed by atoms with Gasteiger partial charge in [0.05, 0.1) is 22.2 Å². The summed E-state index contributed by atoms with van der Waals surface area (Å²) in [5, 5.41) is 1.26. The molecule has 4 aromatic rings. The van der Waals surface area contributed by atoms with Crippen molar-refractivity contribution in [1.82, 2.24) is 15.0 Å². The number of nitrogen functional groups attached to an aromatic ring is 1. The Kier molecular flexibility index (Phi) is 2.92. The van der Waals surface area contributed by atoms with Crippen molar-refractivity contribution < 1.29 is 0 Å². The van der Waals surface area contributed by atoms with Crippen LogP contribution in [0.2, 0.25) is 5.02 Å². The Morgan fingerprint density at radius 2 is 1.91 bits per heavy atom. The van der Waals surface area contributed by atoms with E-state index in [1.165, 1.54) is 0 Å². The number of pyridine rings is 1. The molecule has 0 saturated carbocycles. The van der Waals surface area contributed by atoms with Crippen LogP contribution in [0.25, 0.3) is 33.3 Å². The van der Waals surface area contributed by atoms with Crippen molar-refractivity contribution in [3.05, 3.63) is 57.3 Å². The third-order valence-electron chi connectivity index (χ3n) is 3.89. The number of nitrogens with one attached hydrogen (secondary N) is 2. The summed E-state index contributed by atoms with van der Waals surface area (Å²) in [5.41, 5.74) is 10.1. The van der Waals surface area contributed by atoms with Crippen LogP contribution in [0.4, 0.5) is 5.69 Å². The topological polar surface area (TPSA) is 87.6 Å². The number of aromatic nitrogens is 3. The van der Waals surface area contributed by atoms with Crippen molar-refractivity contribution in [2.45, 2.75) is 6.92 Å². The average Bonchev–Trinajstić information content (AvgIpc) is 2.90. The monoisotopic (exact) mass is 324 g/mol. The van der Waals surface area contributed by atoms with Gasteiger partial charge in [-0.25, -0.2) is 4.98 Å². The number of fused-ring (bicyclic) bond motifs is 2. The quantitative estimate of drug-likeness (QED) is 0.499. The number of imidazole rings is 1. The Bertz CT molecular complexity index is 1130. The minimum atomic E-state index is -0.284. The molecule has 2 heterocycles. The smallest absolute Gasteiger partial charge is 0.261 e. The van der Waals surface area contributed by atoms with Crippen LogP contribution in [0.1, 0.15) is 5.56 Å². The molecule has 0 amide bonds. The number of nitrogens with two attached hydrogens (primary N) is 1. The normalized spacial score (nSPS) is 11.4. The first kappa shape index (κ1) is 13.8. The molecular formula is C17H13ClN4O. The van der Waals surface area contributed by atoms with Crippen LogP contribution in [0, 0.1) is 6.92 Å². The molecule has 0 fully saturated rings. The fourth-order valence-electron chi connectivity index (χ4n) is 2.77. The van der Waals surface area contributed by atoms with Gasteiger partial charge in [0.15, 0.2) is 0 Å². The van der Waals surface area contributed by atoms with Crippen LogP contribution >= 0.6 is 11.6 Å². The van der Waals surface area contributed by atoms with Gasteiger partial charge >= 0.3 is 0 Å². The van der Waals surface area contributed by atoms with E-state index in [-0.39, 0.29) is 5.56 Å². The van der Waals surface area contributed by atoms with Crippen LogP contribution in [0.15, 0.2) is 41.2 Å². The van der Waals surface area contributed by atoms with Crippen molar-refractivity contribution in [1.29, 1.82) is 0 Å². The maximum atomic E-state index is 12.5. The molecule has 114 valence electrons. The number of rotatable bonds is 1. The van der Waals surface area contributed by atoms with E-state index in [2.05, 4.69) is 15.0 Å². The summed E-state index contributed by atoms with van der Waals surface area (Å²) in [7, 11) is 0. The van der Waals surface area contributed by atoms with Gasteiger partial charge in [-0.3, -0.25) is 4.79 Å². The van der Waals surface area contributed by atoms with E-state index in [1.54, 1.807) is 18.2 Å². The summed E-state index contributed by atoms with van der Waals surface area (Å²) >= 11 is 6.04. The lowest BCUT2D eigenvalue weighted by atomic mass is 10.1. The van der Waals surface area contributed by atoms with E-state index in [0.717, 1.165) is 16.6 Å². The fraction of sp³-hybridized carbons (Fsp3) is 0.0588. The van der Waals surface area contributed by atoms with E-state index in [4.69, 9.17) is 17.3 Å². The fourth-order valence-corrected chi connectivity index (χ4v) is 2.94. The lowest BCUT2D eigenvalue weighted by Gasteiger charge is -2.07. The Morgan fingerprint density at radius 1 is 1.09 bits per heavy atom. The highest BCUT2D eigenvalue weighted by Gasteiger charge is 2.16. The Labute approximate surface area is 136 Å². The van der Waals surface area contributed by atoms with Gasteiger partial charge in [0.2, 0.25) is 0 Å². The average molecular weight is 325 g/mol. The molecule has 0 spiro atoms. The van der Waals surface area contributed by atoms with Crippen LogP contribution in [-0.4, -0.2) is 15.0 Å². The number of aromatic amines is 2. The minimum Gasteiger partial charge on any atom is -0.397 e. The molecule has 0 unspecified atom stereocenters. The zero-order valence-corrected chi connectivity index (χ0v) is 13.0. The van der Waals surface area contributed by atoms with Crippen molar-refractivity contribution in [3.63, 3.8) is 0 Å². The van der Waals surface area contributed by atoms with Gasteiger partial charge in [-0.2, -0.15) is 0 Å². The van der Waals surface area contributed by atoms with E-state index in [0.29, 0.717) is 33.0 Å². The first-order valence-electron chi connectivity index (χ1n) is 7.11. The van der Waals surface area contributed by atoms with Crippen LogP contribution < -0.4 is 11.3 Å². The van der Waals surface area contributed by atoms with Gasteiger partial charge in [-0.15, -0.1) is 0 Å². The van der Waals surface area contributed by atoms with E-state index in [1.807, 2.05) is 25.1 Å². The Balaban J connectivity index is 2.05. The number of benzene rings is 2. The molecule has 2 aromatic carbocycles. The first-order valence-corrected chi connectivity index (χ1v) is 7.48. The number of halogens is 1. The van der Waals surface area contributed by atoms with E-state index < -0.39 is 0 Å². The highest BCUT2D eigenvalue weighted by Crippen LogP contribution is 2.29. The molecule has 0 aliphatic carbocycles.